The standard InChI is InChI=1S/C11H11NO2.C7H15NO.C7H14O/c1-7-10(14-2)4-3-8-9(13)5-6-12-11(7)8;1-3-4-5-6(2)7(8)9;1-6(8)5-7(2,3)4/h3-6H,1-2H3,(H,12,13);6H,3-5H2,1-2H3,(H2,8,9);5H2,1-4H3. The topological polar surface area (TPSA) is 102 Å². The molecular formula is C25H40N2O4. The van der Waals surface area contributed by atoms with Crippen molar-refractivity contribution in [1.29, 1.82) is 0 Å². The minimum Gasteiger partial charge on any atom is -0.496 e. The van der Waals surface area contributed by atoms with Crippen LogP contribution in [0.15, 0.2) is 29.2 Å². The van der Waals surface area contributed by atoms with Gasteiger partial charge >= 0.3 is 0 Å². The smallest absolute Gasteiger partial charge is 0.220 e. The molecule has 0 saturated carbocycles. The van der Waals surface area contributed by atoms with E-state index in [1.807, 2.05) is 19.9 Å². The van der Waals surface area contributed by atoms with Crippen LogP contribution in [-0.2, 0) is 9.59 Å². The average Bonchev–Trinajstić information content (AvgIpc) is 2.66. The number of primary amides is 1. The summed E-state index contributed by atoms with van der Waals surface area (Å²) in [5.74, 6) is 0.949. The molecule has 1 heterocycles. The van der Waals surface area contributed by atoms with E-state index >= 15 is 0 Å². The number of aromatic nitrogens is 1. The van der Waals surface area contributed by atoms with Crippen LogP contribution in [0.3, 0.4) is 0 Å². The van der Waals surface area contributed by atoms with Crippen molar-refractivity contribution in [2.75, 3.05) is 7.11 Å². The lowest BCUT2D eigenvalue weighted by atomic mass is 9.91. The normalized spacial score (nSPS) is 11.5. The molecule has 1 unspecified atom stereocenters. The Morgan fingerprint density at radius 1 is 1.19 bits per heavy atom. The summed E-state index contributed by atoms with van der Waals surface area (Å²) in [5, 5.41) is 0.700. The number of aryl methyl sites for hydroxylation is 1. The molecule has 1 aromatic carbocycles. The number of carbonyl (C=O) groups is 2. The molecule has 0 aliphatic rings. The molecule has 3 N–H and O–H groups in total. The van der Waals surface area contributed by atoms with E-state index < -0.39 is 0 Å². The summed E-state index contributed by atoms with van der Waals surface area (Å²) >= 11 is 0. The molecule has 0 saturated heterocycles. The summed E-state index contributed by atoms with van der Waals surface area (Å²) in [4.78, 5) is 35.4. The predicted octanol–water partition coefficient (Wildman–Crippen LogP) is 5.15. The lowest BCUT2D eigenvalue weighted by Gasteiger charge is -2.14. The van der Waals surface area contributed by atoms with E-state index in [-0.39, 0.29) is 28.5 Å². The number of rotatable bonds is 6. The Morgan fingerprint density at radius 3 is 2.23 bits per heavy atom. The second-order valence-electron chi connectivity index (χ2n) is 9.04. The van der Waals surface area contributed by atoms with Crippen molar-refractivity contribution in [3.63, 3.8) is 0 Å². The van der Waals surface area contributed by atoms with E-state index in [4.69, 9.17) is 10.5 Å². The zero-order chi connectivity index (χ0) is 24.2. The predicted molar refractivity (Wildman–Crippen MR) is 128 cm³/mol. The van der Waals surface area contributed by atoms with Crippen molar-refractivity contribution >= 4 is 22.6 Å². The first-order valence-corrected chi connectivity index (χ1v) is 10.8. The van der Waals surface area contributed by atoms with Crippen LogP contribution in [0.2, 0.25) is 0 Å². The fourth-order valence-electron chi connectivity index (χ4n) is 2.99. The van der Waals surface area contributed by atoms with Crippen LogP contribution < -0.4 is 15.9 Å². The van der Waals surface area contributed by atoms with Crippen LogP contribution in [0, 0.1) is 18.3 Å². The third-order valence-electron chi connectivity index (χ3n) is 4.62. The third kappa shape index (κ3) is 11.4. The second kappa shape index (κ2) is 13.6. The molecule has 1 aromatic heterocycles. The monoisotopic (exact) mass is 432 g/mol. The summed E-state index contributed by atoms with van der Waals surface area (Å²) in [6.45, 7) is 13.7. The molecule has 174 valence electrons. The number of hydrogen-bond donors (Lipinski definition) is 2. The van der Waals surface area contributed by atoms with Gasteiger partial charge in [0.05, 0.1) is 12.6 Å². The van der Waals surface area contributed by atoms with Crippen molar-refractivity contribution in [3.8, 4) is 5.75 Å². The molecule has 0 spiro atoms. The van der Waals surface area contributed by atoms with Crippen LogP contribution in [0.4, 0.5) is 0 Å². The number of fused-ring (bicyclic) bond motifs is 1. The zero-order valence-electron chi connectivity index (χ0n) is 20.4. The highest BCUT2D eigenvalue weighted by molar-refractivity contribution is 5.83. The number of amides is 1. The van der Waals surface area contributed by atoms with Crippen molar-refractivity contribution in [2.24, 2.45) is 17.1 Å². The molecule has 0 radical (unpaired) electrons. The molecule has 2 aromatic rings. The van der Waals surface area contributed by atoms with Gasteiger partial charge in [0.25, 0.3) is 0 Å². The average molecular weight is 433 g/mol. The van der Waals surface area contributed by atoms with Gasteiger partial charge in [0.15, 0.2) is 5.43 Å². The molecule has 0 fully saturated rings. The van der Waals surface area contributed by atoms with Gasteiger partial charge in [-0.15, -0.1) is 0 Å². The molecule has 0 bridgehead atoms. The molecule has 0 aliphatic heterocycles. The number of nitrogens with one attached hydrogen (secondary N) is 1. The number of methoxy groups -OCH3 is 1. The molecule has 1 atom stereocenters. The van der Waals surface area contributed by atoms with Gasteiger partial charge in [0.2, 0.25) is 5.91 Å². The second-order valence-corrected chi connectivity index (χ2v) is 9.04. The van der Waals surface area contributed by atoms with Gasteiger partial charge in [-0.3, -0.25) is 9.59 Å². The first-order valence-electron chi connectivity index (χ1n) is 10.8. The highest BCUT2D eigenvalue weighted by Gasteiger charge is 2.11. The van der Waals surface area contributed by atoms with Gasteiger partial charge in [-0.2, -0.15) is 0 Å². The number of unbranched alkanes of at least 4 members (excludes halogenated alkanes) is 1. The molecule has 31 heavy (non-hydrogen) atoms. The molecule has 6 nitrogen and oxygen atoms in total. The number of hydrogen-bond acceptors (Lipinski definition) is 4. The Labute approximate surface area is 186 Å². The zero-order valence-corrected chi connectivity index (χ0v) is 20.4. The Hall–Kier alpha value is -2.63. The summed E-state index contributed by atoms with van der Waals surface area (Å²) in [6, 6.07) is 5.11. The summed E-state index contributed by atoms with van der Waals surface area (Å²) in [6.07, 6.45) is 5.51. The number of ether oxygens (including phenoxy) is 1. The Kier molecular flexibility index (Phi) is 12.5. The van der Waals surface area contributed by atoms with Crippen molar-refractivity contribution < 1.29 is 14.3 Å². The van der Waals surface area contributed by atoms with Gasteiger partial charge in [0, 0.05) is 35.6 Å². The Balaban J connectivity index is 0.000000465. The summed E-state index contributed by atoms with van der Waals surface area (Å²) < 4.78 is 5.17. The maximum Gasteiger partial charge on any atom is 0.220 e. The molecule has 2 rings (SSSR count). The largest absolute Gasteiger partial charge is 0.496 e. The van der Waals surface area contributed by atoms with Gasteiger partial charge in [-0.1, -0.05) is 47.5 Å². The number of nitrogens with two attached hydrogens (primary N) is 1. The number of Topliss-reactive ketones (excluding diaryl/α,β-unsaturated/α-hetero) is 1. The maximum absolute atomic E-state index is 11.5. The van der Waals surface area contributed by atoms with Crippen LogP contribution in [-0.4, -0.2) is 23.8 Å². The van der Waals surface area contributed by atoms with E-state index in [0.29, 0.717) is 11.8 Å². The Bertz CT molecular complexity index is 895. The highest BCUT2D eigenvalue weighted by atomic mass is 16.5. The third-order valence-corrected chi connectivity index (χ3v) is 4.62. The number of H-pyrrole nitrogens is 1. The number of benzene rings is 1. The van der Waals surface area contributed by atoms with E-state index in [1.54, 1.807) is 26.3 Å². The minimum atomic E-state index is -0.177. The lowest BCUT2D eigenvalue weighted by molar-refractivity contribution is -0.121. The quantitative estimate of drug-likeness (QED) is 0.658. The SMILES string of the molecule is CC(=O)CC(C)(C)C.CCCCC(C)C(N)=O.COc1ccc2c(=O)cc[nH]c2c1C. The van der Waals surface area contributed by atoms with Crippen LogP contribution in [0.1, 0.15) is 72.8 Å². The van der Waals surface area contributed by atoms with E-state index in [1.165, 1.54) is 6.07 Å². The number of ketones is 1. The minimum absolute atomic E-state index is 0.0319. The first-order chi connectivity index (χ1) is 14.3. The van der Waals surface area contributed by atoms with E-state index in [0.717, 1.165) is 36.1 Å². The van der Waals surface area contributed by atoms with Gasteiger partial charge < -0.3 is 20.2 Å². The number of aromatic amines is 1. The summed E-state index contributed by atoms with van der Waals surface area (Å²) in [7, 11) is 1.62. The van der Waals surface area contributed by atoms with Crippen LogP contribution >= 0.6 is 0 Å². The van der Waals surface area contributed by atoms with Crippen LogP contribution in [0.25, 0.3) is 10.9 Å². The molecule has 1 amide bonds. The first kappa shape index (κ1) is 28.4. The van der Waals surface area contributed by atoms with Gasteiger partial charge in [-0.05, 0) is 37.8 Å². The highest BCUT2D eigenvalue weighted by Crippen LogP contribution is 2.23. The number of pyridine rings is 1. The van der Waals surface area contributed by atoms with Crippen molar-refractivity contribution in [2.45, 2.75) is 74.1 Å². The summed E-state index contributed by atoms with van der Waals surface area (Å²) in [5.41, 5.74) is 7.05. The van der Waals surface area contributed by atoms with Gasteiger partial charge in [0.1, 0.15) is 11.5 Å². The fourth-order valence-corrected chi connectivity index (χ4v) is 2.99. The van der Waals surface area contributed by atoms with Crippen molar-refractivity contribution in [1.82, 2.24) is 4.98 Å². The van der Waals surface area contributed by atoms with E-state index in [9.17, 15) is 14.4 Å². The van der Waals surface area contributed by atoms with Gasteiger partial charge in [-0.25, -0.2) is 0 Å². The maximum atomic E-state index is 11.5. The fraction of sp³-hybridized carbons (Fsp3) is 0.560. The van der Waals surface area contributed by atoms with Crippen molar-refractivity contribution in [3.05, 3.63) is 40.2 Å². The molecule has 6 heteroatoms. The van der Waals surface area contributed by atoms with E-state index in [2.05, 4.69) is 32.7 Å². The molecular weight excluding hydrogens is 392 g/mol. The lowest BCUT2D eigenvalue weighted by Crippen LogP contribution is -2.20. The Morgan fingerprint density at radius 2 is 1.81 bits per heavy atom. The molecule has 0 aliphatic carbocycles. The number of carbonyl (C=O) groups excluding carboxylic acids is 2. The van der Waals surface area contributed by atoms with Crippen LogP contribution in [0.5, 0.6) is 5.75 Å².